The average molecular weight is 199 g/mol. The van der Waals surface area contributed by atoms with Crippen LogP contribution in [-0.2, 0) is 14.4 Å². The number of hydrogen-bond donors (Lipinski definition) is 3. The molecule has 1 rings (SSSR count). The molecule has 0 bridgehead atoms. The van der Waals surface area contributed by atoms with Crippen molar-refractivity contribution < 1.29 is 14.4 Å². The SMILES string of the molecule is NC(=O)C1(C(N)=O)CCCCNC1=O. The predicted octanol–water partition coefficient (Wildman–Crippen LogP) is -1.76. The first-order chi connectivity index (χ1) is 6.51. The summed E-state index contributed by atoms with van der Waals surface area (Å²) in [5.41, 5.74) is 8.27. The van der Waals surface area contributed by atoms with E-state index in [0.717, 1.165) is 0 Å². The number of primary amides is 2. The van der Waals surface area contributed by atoms with Gasteiger partial charge in [-0.05, 0) is 19.3 Å². The lowest BCUT2D eigenvalue weighted by Crippen LogP contribution is -2.56. The first kappa shape index (κ1) is 10.5. The molecular formula is C8H13N3O3. The molecule has 0 saturated carbocycles. The van der Waals surface area contributed by atoms with E-state index in [1.54, 1.807) is 0 Å². The summed E-state index contributed by atoms with van der Waals surface area (Å²) >= 11 is 0. The highest BCUT2D eigenvalue weighted by molar-refractivity contribution is 6.21. The van der Waals surface area contributed by atoms with Crippen LogP contribution < -0.4 is 16.8 Å². The Bertz CT molecular complexity index is 274. The molecule has 6 nitrogen and oxygen atoms in total. The van der Waals surface area contributed by atoms with Crippen LogP contribution in [0.5, 0.6) is 0 Å². The van der Waals surface area contributed by atoms with Crippen LogP contribution in [0.25, 0.3) is 0 Å². The van der Waals surface area contributed by atoms with E-state index in [2.05, 4.69) is 5.32 Å². The zero-order valence-corrected chi connectivity index (χ0v) is 7.71. The molecule has 0 aromatic heterocycles. The Hall–Kier alpha value is -1.59. The van der Waals surface area contributed by atoms with Crippen LogP contribution in [0.1, 0.15) is 19.3 Å². The molecule has 1 aliphatic heterocycles. The van der Waals surface area contributed by atoms with E-state index < -0.39 is 23.1 Å². The summed E-state index contributed by atoms with van der Waals surface area (Å²) < 4.78 is 0. The van der Waals surface area contributed by atoms with E-state index in [1.165, 1.54) is 0 Å². The van der Waals surface area contributed by atoms with Gasteiger partial charge in [0.15, 0.2) is 0 Å². The predicted molar refractivity (Wildman–Crippen MR) is 47.7 cm³/mol. The Balaban J connectivity index is 3.10. The van der Waals surface area contributed by atoms with Crippen LogP contribution in [0.2, 0.25) is 0 Å². The summed E-state index contributed by atoms with van der Waals surface area (Å²) in [6.07, 6.45) is 1.39. The van der Waals surface area contributed by atoms with Gasteiger partial charge < -0.3 is 16.8 Å². The highest BCUT2D eigenvalue weighted by Crippen LogP contribution is 2.26. The smallest absolute Gasteiger partial charge is 0.245 e. The van der Waals surface area contributed by atoms with Crippen molar-refractivity contribution in [3.63, 3.8) is 0 Å². The highest BCUT2D eigenvalue weighted by Gasteiger charge is 2.50. The third kappa shape index (κ3) is 1.43. The molecule has 14 heavy (non-hydrogen) atoms. The van der Waals surface area contributed by atoms with E-state index in [-0.39, 0.29) is 6.42 Å². The molecule has 3 amide bonds. The molecule has 1 saturated heterocycles. The number of rotatable bonds is 2. The largest absolute Gasteiger partial charge is 0.368 e. The number of carbonyl (C=O) groups is 3. The van der Waals surface area contributed by atoms with E-state index in [4.69, 9.17) is 11.5 Å². The quantitative estimate of drug-likeness (QED) is 0.457. The summed E-state index contributed by atoms with van der Waals surface area (Å²) in [6, 6.07) is 0. The Kier molecular flexibility index (Phi) is 2.73. The molecule has 1 fully saturated rings. The van der Waals surface area contributed by atoms with Crippen LogP contribution in [0.4, 0.5) is 0 Å². The van der Waals surface area contributed by atoms with Gasteiger partial charge in [0.2, 0.25) is 23.1 Å². The zero-order valence-electron chi connectivity index (χ0n) is 7.71. The molecule has 0 aromatic carbocycles. The van der Waals surface area contributed by atoms with E-state index >= 15 is 0 Å². The van der Waals surface area contributed by atoms with Gasteiger partial charge in [0.25, 0.3) is 0 Å². The minimum absolute atomic E-state index is 0.101. The zero-order chi connectivity index (χ0) is 10.8. The standard InChI is InChI=1S/C8H13N3O3/c9-5(12)8(6(10)13)3-1-2-4-11-7(8)14/h1-4H2,(H2,9,12)(H2,10,13)(H,11,14). The van der Waals surface area contributed by atoms with Crippen LogP contribution in [0.15, 0.2) is 0 Å². The summed E-state index contributed by atoms with van der Waals surface area (Å²) in [7, 11) is 0. The normalized spacial score (nSPS) is 20.7. The van der Waals surface area contributed by atoms with Crippen LogP contribution in [0, 0.1) is 5.41 Å². The average Bonchev–Trinajstić information content (AvgIpc) is 2.27. The lowest BCUT2D eigenvalue weighted by atomic mass is 9.81. The topological polar surface area (TPSA) is 115 Å². The van der Waals surface area contributed by atoms with Crippen molar-refractivity contribution in [2.24, 2.45) is 16.9 Å². The van der Waals surface area contributed by atoms with Gasteiger partial charge in [-0.15, -0.1) is 0 Å². The molecule has 1 aliphatic rings. The minimum Gasteiger partial charge on any atom is -0.368 e. The maximum Gasteiger partial charge on any atom is 0.245 e. The Morgan fingerprint density at radius 3 is 2.29 bits per heavy atom. The first-order valence-electron chi connectivity index (χ1n) is 4.40. The Morgan fingerprint density at radius 1 is 1.21 bits per heavy atom. The highest BCUT2D eigenvalue weighted by atomic mass is 16.2. The number of amides is 3. The molecule has 6 heteroatoms. The van der Waals surface area contributed by atoms with Gasteiger partial charge in [0.1, 0.15) is 0 Å². The second-order valence-electron chi connectivity index (χ2n) is 3.35. The molecule has 0 unspecified atom stereocenters. The summed E-state index contributed by atoms with van der Waals surface area (Å²) in [6.45, 7) is 0.446. The summed E-state index contributed by atoms with van der Waals surface area (Å²) in [5.74, 6) is -2.61. The van der Waals surface area contributed by atoms with Crippen molar-refractivity contribution in [2.45, 2.75) is 19.3 Å². The van der Waals surface area contributed by atoms with Crippen LogP contribution in [0.3, 0.4) is 0 Å². The minimum atomic E-state index is -1.85. The number of hydrogen-bond acceptors (Lipinski definition) is 3. The van der Waals surface area contributed by atoms with Gasteiger partial charge >= 0.3 is 0 Å². The van der Waals surface area contributed by atoms with Crippen LogP contribution in [-0.4, -0.2) is 24.3 Å². The van der Waals surface area contributed by atoms with Gasteiger partial charge in [-0.2, -0.15) is 0 Å². The molecule has 0 atom stereocenters. The van der Waals surface area contributed by atoms with E-state index in [1.807, 2.05) is 0 Å². The van der Waals surface area contributed by atoms with Crippen molar-refractivity contribution in [3.8, 4) is 0 Å². The van der Waals surface area contributed by atoms with Gasteiger partial charge in [-0.1, -0.05) is 0 Å². The maximum absolute atomic E-state index is 11.5. The second-order valence-corrected chi connectivity index (χ2v) is 3.35. The summed E-state index contributed by atoms with van der Waals surface area (Å²) in [5, 5.41) is 2.46. The lowest BCUT2D eigenvalue weighted by Gasteiger charge is -2.22. The van der Waals surface area contributed by atoms with Gasteiger partial charge in [0, 0.05) is 6.54 Å². The third-order valence-electron chi connectivity index (χ3n) is 2.49. The van der Waals surface area contributed by atoms with Crippen molar-refractivity contribution in [1.29, 1.82) is 0 Å². The fourth-order valence-electron chi connectivity index (χ4n) is 1.57. The number of nitrogens with two attached hydrogens (primary N) is 2. The molecule has 1 heterocycles. The van der Waals surface area contributed by atoms with Gasteiger partial charge in [-0.3, -0.25) is 14.4 Å². The molecular weight excluding hydrogens is 186 g/mol. The maximum atomic E-state index is 11.5. The van der Waals surface area contributed by atoms with Crippen molar-refractivity contribution >= 4 is 17.7 Å². The van der Waals surface area contributed by atoms with Crippen LogP contribution >= 0.6 is 0 Å². The summed E-state index contributed by atoms with van der Waals surface area (Å²) in [4.78, 5) is 33.8. The van der Waals surface area contributed by atoms with Crippen molar-refractivity contribution in [3.05, 3.63) is 0 Å². The fourth-order valence-corrected chi connectivity index (χ4v) is 1.57. The van der Waals surface area contributed by atoms with Crippen molar-refractivity contribution in [2.75, 3.05) is 6.54 Å². The van der Waals surface area contributed by atoms with E-state index in [0.29, 0.717) is 19.4 Å². The van der Waals surface area contributed by atoms with Crippen molar-refractivity contribution in [1.82, 2.24) is 5.32 Å². The van der Waals surface area contributed by atoms with E-state index in [9.17, 15) is 14.4 Å². The monoisotopic (exact) mass is 199 g/mol. The lowest BCUT2D eigenvalue weighted by molar-refractivity contribution is -0.149. The first-order valence-corrected chi connectivity index (χ1v) is 4.40. The molecule has 0 radical (unpaired) electrons. The third-order valence-corrected chi connectivity index (χ3v) is 2.49. The fraction of sp³-hybridized carbons (Fsp3) is 0.625. The number of carbonyl (C=O) groups excluding carboxylic acids is 3. The second kappa shape index (κ2) is 3.65. The Labute approximate surface area is 81.0 Å². The van der Waals surface area contributed by atoms with Gasteiger partial charge in [-0.25, -0.2) is 0 Å². The molecule has 78 valence electrons. The number of nitrogens with one attached hydrogen (secondary N) is 1. The molecule has 0 spiro atoms. The van der Waals surface area contributed by atoms with Gasteiger partial charge in [0.05, 0.1) is 0 Å². The molecule has 0 aromatic rings. The Morgan fingerprint density at radius 2 is 1.79 bits per heavy atom. The molecule has 0 aliphatic carbocycles. The molecule has 5 N–H and O–H groups in total.